The largest absolute Gasteiger partial charge is 0.437 e. The van der Waals surface area contributed by atoms with E-state index in [1.54, 1.807) is 24.3 Å². The summed E-state index contributed by atoms with van der Waals surface area (Å²) in [6.45, 7) is 0.151. The second kappa shape index (κ2) is 9.16. The molecule has 1 aliphatic heterocycles. The summed E-state index contributed by atoms with van der Waals surface area (Å²) >= 11 is 0. The van der Waals surface area contributed by atoms with Crippen molar-refractivity contribution in [3.63, 3.8) is 0 Å². The van der Waals surface area contributed by atoms with Crippen molar-refractivity contribution in [2.75, 3.05) is 25.0 Å². The molecule has 2 aromatic carbocycles. The van der Waals surface area contributed by atoms with Gasteiger partial charge in [-0.3, -0.25) is 9.59 Å². The molecule has 10 heteroatoms. The van der Waals surface area contributed by atoms with E-state index in [-0.39, 0.29) is 41.9 Å². The van der Waals surface area contributed by atoms with Crippen LogP contribution in [-0.4, -0.2) is 49.2 Å². The third-order valence-electron chi connectivity index (χ3n) is 4.71. The van der Waals surface area contributed by atoms with Crippen LogP contribution in [0.4, 0.5) is 5.69 Å². The molecule has 0 aliphatic carbocycles. The molecule has 0 radical (unpaired) electrons. The Hall–Kier alpha value is -3.76. The van der Waals surface area contributed by atoms with Crippen molar-refractivity contribution in [1.82, 2.24) is 14.6 Å². The number of aromatic nitrogens is 1. The molecule has 0 unspecified atom stereocenters. The Morgan fingerprint density at radius 2 is 1.88 bits per heavy atom. The standard InChI is InChI=1S/C22H20N4O5S/c27-20-15-26(13-12-23-20)32(29,30)18-9-4-6-16(14-18)21(28)25-19-10-5-11-24-22(19)31-17-7-2-1-3-8-17/h1-11,14H,12-13,15H2,(H,23,27)(H,25,28). The summed E-state index contributed by atoms with van der Waals surface area (Å²) in [6, 6.07) is 17.9. The lowest BCUT2D eigenvalue weighted by Gasteiger charge is -2.26. The number of hydrogen-bond acceptors (Lipinski definition) is 6. The van der Waals surface area contributed by atoms with E-state index in [4.69, 9.17) is 4.74 Å². The van der Waals surface area contributed by atoms with E-state index in [9.17, 15) is 18.0 Å². The first-order valence-electron chi connectivity index (χ1n) is 9.80. The van der Waals surface area contributed by atoms with Crippen molar-refractivity contribution in [3.05, 3.63) is 78.5 Å². The average Bonchev–Trinajstić information content (AvgIpc) is 2.81. The zero-order valence-electron chi connectivity index (χ0n) is 16.9. The van der Waals surface area contributed by atoms with Crippen molar-refractivity contribution in [2.45, 2.75) is 4.90 Å². The number of pyridine rings is 1. The Bertz CT molecular complexity index is 1250. The van der Waals surface area contributed by atoms with Crippen LogP contribution in [0.3, 0.4) is 0 Å². The summed E-state index contributed by atoms with van der Waals surface area (Å²) in [7, 11) is -3.92. The molecule has 3 aromatic rings. The second-order valence-electron chi connectivity index (χ2n) is 6.94. The Kier molecular flexibility index (Phi) is 6.15. The maximum atomic E-state index is 12.9. The lowest BCUT2D eigenvalue weighted by molar-refractivity contribution is -0.122. The molecular formula is C22H20N4O5S. The van der Waals surface area contributed by atoms with Gasteiger partial charge in [-0.15, -0.1) is 0 Å². The number of piperazine rings is 1. The van der Waals surface area contributed by atoms with E-state index in [0.29, 0.717) is 11.4 Å². The van der Waals surface area contributed by atoms with Crippen molar-refractivity contribution in [1.29, 1.82) is 0 Å². The smallest absolute Gasteiger partial charge is 0.255 e. The fourth-order valence-electron chi connectivity index (χ4n) is 3.13. The minimum Gasteiger partial charge on any atom is -0.437 e. The molecule has 164 valence electrons. The predicted octanol–water partition coefficient (Wildman–Crippen LogP) is 2.25. The normalized spacial score (nSPS) is 14.4. The summed E-state index contributed by atoms with van der Waals surface area (Å²) in [5.74, 6) is -0.129. The number of nitrogens with one attached hydrogen (secondary N) is 2. The van der Waals surface area contributed by atoms with Crippen LogP contribution in [-0.2, 0) is 14.8 Å². The number of carbonyl (C=O) groups excluding carboxylic acids is 2. The first-order valence-corrected chi connectivity index (χ1v) is 11.2. The molecule has 4 rings (SSSR count). The van der Waals surface area contributed by atoms with Gasteiger partial charge in [0.15, 0.2) is 0 Å². The zero-order valence-corrected chi connectivity index (χ0v) is 17.7. The lowest BCUT2D eigenvalue weighted by atomic mass is 10.2. The van der Waals surface area contributed by atoms with Gasteiger partial charge >= 0.3 is 0 Å². The molecule has 1 aromatic heterocycles. The van der Waals surface area contributed by atoms with Gasteiger partial charge in [-0.1, -0.05) is 24.3 Å². The Balaban J connectivity index is 1.55. The van der Waals surface area contributed by atoms with Crippen molar-refractivity contribution >= 4 is 27.5 Å². The highest BCUT2D eigenvalue weighted by Crippen LogP contribution is 2.27. The number of amides is 2. The van der Waals surface area contributed by atoms with Gasteiger partial charge in [-0.2, -0.15) is 4.31 Å². The molecule has 0 bridgehead atoms. The van der Waals surface area contributed by atoms with Crippen LogP contribution in [0.25, 0.3) is 0 Å². The minimum atomic E-state index is -3.92. The number of rotatable bonds is 6. The van der Waals surface area contributed by atoms with E-state index in [2.05, 4.69) is 15.6 Å². The van der Waals surface area contributed by atoms with Crippen LogP contribution in [0.5, 0.6) is 11.6 Å². The number of nitrogens with zero attached hydrogens (tertiary/aromatic N) is 2. The number of benzene rings is 2. The van der Waals surface area contributed by atoms with Crippen LogP contribution in [0.2, 0.25) is 0 Å². The molecule has 32 heavy (non-hydrogen) atoms. The molecule has 2 N–H and O–H groups in total. The average molecular weight is 452 g/mol. The lowest BCUT2D eigenvalue weighted by Crippen LogP contribution is -2.49. The number of sulfonamides is 1. The van der Waals surface area contributed by atoms with Gasteiger partial charge in [-0.05, 0) is 42.5 Å². The Morgan fingerprint density at radius 1 is 1.06 bits per heavy atom. The van der Waals surface area contributed by atoms with Gasteiger partial charge in [0.1, 0.15) is 11.4 Å². The number of ether oxygens (including phenoxy) is 1. The highest BCUT2D eigenvalue weighted by molar-refractivity contribution is 7.89. The molecule has 0 spiro atoms. The summed E-state index contributed by atoms with van der Waals surface area (Å²) in [6.07, 6.45) is 1.54. The first-order chi connectivity index (χ1) is 15.4. The van der Waals surface area contributed by atoms with E-state index in [1.165, 1.54) is 30.5 Å². The highest BCUT2D eigenvalue weighted by Gasteiger charge is 2.29. The van der Waals surface area contributed by atoms with Crippen molar-refractivity contribution in [3.8, 4) is 11.6 Å². The summed E-state index contributed by atoms with van der Waals surface area (Å²) < 4.78 is 32.7. The Labute approximate surface area is 185 Å². The highest BCUT2D eigenvalue weighted by atomic mass is 32.2. The van der Waals surface area contributed by atoms with Crippen LogP contribution >= 0.6 is 0 Å². The Morgan fingerprint density at radius 3 is 2.66 bits per heavy atom. The molecular weight excluding hydrogens is 432 g/mol. The summed E-state index contributed by atoms with van der Waals surface area (Å²) in [4.78, 5) is 28.6. The molecule has 2 amide bonds. The third-order valence-corrected chi connectivity index (χ3v) is 6.56. The van der Waals surface area contributed by atoms with E-state index in [0.717, 1.165) is 4.31 Å². The fourth-order valence-corrected chi connectivity index (χ4v) is 4.57. The molecule has 0 atom stereocenters. The topological polar surface area (TPSA) is 118 Å². The van der Waals surface area contributed by atoms with Gasteiger partial charge in [-0.25, -0.2) is 13.4 Å². The van der Waals surface area contributed by atoms with E-state index < -0.39 is 15.9 Å². The second-order valence-corrected chi connectivity index (χ2v) is 8.88. The van der Waals surface area contributed by atoms with Crippen LogP contribution in [0.1, 0.15) is 10.4 Å². The number of para-hydroxylation sites is 1. The van der Waals surface area contributed by atoms with Crippen molar-refractivity contribution in [2.24, 2.45) is 0 Å². The molecule has 9 nitrogen and oxygen atoms in total. The van der Waals surface area contributed by atoms with E-state index in [1.807, 2.05) is 18.2 Å². The zero-order chi connectivity index (χ0) is 22.6. The molecule has 1 aliphatic rings. The molecule has 1 saturated heterocycles. The molecule has 2 heterocycles. The first kappa shape index (κ1) is 21.5. The van der Waals surface area contributed by atoms with Crippen LogP contribution in [0.15, 0.2) is 77.8 Å². The minimum absolute atomic E-state index is 0.0632. The fraction of sp³-hybridized carbons (Fsp3) is 0.136. The SMILES string of the molecule is O=C1CN(S(=O)(=O)c2cccc(C(=O)Nc3cccnc3Oc3ccccc3)c2)CCN1. The maximum Gasteiger partial charge on any atom is 0.255 e. The monoisotopic (exact) mass is 452 g/mol. The number of anilines is 1. The number of hydrogen-bond donors (Lipinski definition) is 2. The quantitative estimate of drug-likeness (QED) is 0.592. The van der Waals surface area contributed by atoms with Gasteiger partial charge in [0.05, 0.1) is 11.4 Å². The molecule has 0 saturated carbocycles. The molecule has 1 fully saturated rings. The van der Waals surface area contributed by atoms with Gasteiger partial charge in [0.2, 0.25) is 21.8 Å². The third kappa shape index (κ3) is 4.76. The summed E-state index contributed by atoms with van der Waals surface area (Å²) in [5.41, 5.74) is 0.476. The maximum absolute atomic E-state index is 12.9. The number of carbonyl (C=O) groups is 2. The van der Waals surface area contributed by atoms with Gasteiger partial charge in [0.25, 0.3) is 5.91 Å². The van der Waals surface area contributed by atoms with Crippen molar-refractivity contribution < 1.29 is 22.7 Å². The van der Waals surface area contributed by atoms with Crippen LogP contribution < -0.4 is 15.4 Å². The van der Waals surface area contributed by atoms with E-state index >= 15 is 0 Å². The van der Waals surface area contributed by atoms with Crippen LogP contribution in [0, 0.1) is 0 Å². The summed E-state index contributed by atoms with van der Waals surface area (Å²) in [5, 5.41) is 5.30. The van der Waals surface area contributed by atoms with Gasteiger partial charge < -0.3 is 15.4 Å². The predicted molar refractivity (Wildman–Crippen MR) is 117 cm³/mol. The van der Waals surface area contributed by atoms with Gasteiger partial charge in [0, 0.05) is 24.8 Å².